The molecule has 1 aliphatic heterocycles. The van der Waals surface area contributed by atoms with Gasteiger partial charge in [0, 0.05) is 48.0 Å². The van der Waals surface area contributed by atoms with Crippen LogP contribution < -0.4 is 15.0 Å². The first-order chi connectivity index (χ1) is 18.9. The van der Waals surface area contributed by atoms with Crippen molar-refractivity contribution in [1.82, 2.24) is 4.98 Å². The van der Waals surface area contributed by atoms with Crippen LogP contribution in [-0.2, 0) is 9.53 Å². The average Bonchev–Trinajstić information content (AvgIpc) is 2.97. The van der Waals surface area contributed by atoms with Gasteiger partial charge in [-0.05, 0) is 84.6 Å². The first kappa shape index (κ1) is 26.4. The second kappa shape index (κ2) is 11.7. The SMILES string of the molecule is COc1cc(NC(=O)C(C)c2cc(F)cc(-c3ccc(N4CCOCC4)cc3)c2)ccc1-c1ccnc(C)c1. The van der Waals surface area contributed by atoms with Gasteiger partial charge in [-0.15, -0.1) is 0 Å². The van der Waals surface area contributed by atoms with Gasteiger partial charge in [0.15, 0.2) is 0 Å². The molecule has 1 unspecified atom stereocenters. The van der Waals surface area contributed by atoms with Crippen LogP contribution in [0, 0.1) is 12.7 Å². The van der Waals surface area contributed by atoms with E-state index in [1.165, 1.54) is 12.1 Å². The third kappa shape index (κ3) is 6.10. The molecule has 6 nitrogen and oxygen atoms in total. The number of anilines is 2. The van der Waals surface area contributed by atoms with Gasteiger partial charge in [0.2, 0.25) is 5.91 Å². The van der Waals surface area contributed by atoms with E-state index in [-0.39, 0.29) is 11.7 Å². The number of aryl methyl sites for hydroxylation is 1. The van der Waals surface area contributed by atoms with Crippen molar-refractivity contribution in [2.45, 2.75) is 19.8 Å². The molecule has 1 amide bonds. The number of halogens is 1. The van der Waals surface area contributed by atoms with E-state index in [2.05, 4.69) is 15.2 Å². The fraction of sp³-hybridized carbons (Fsp3) is 0.250. The second-order valence-electron chi connectivity index (χ2n) is 9.73. The molecule has 1 aliphatic rings. The summed E-state index contributed by atoms with van der Waals surface area (Å²) in [6.07, 6.45) is 1.76. The second-order valence-corrected chi connectivity index (χ2v) is 9.73. The monoisotopic (exact) mass is 525 g/mol. The Morgan fingerprint density at radius 3 is 2.46 bits per heavy atom. The van der Waals surface area contributed by atoms with Gasteiger partial charge in [-0.25, -0.2) is 4.39 Å². The summed E-state index contributed by atoms with van der Waals surface area (Å²) in [7, 11) is 1.60. The van der Waals surface area contributed by atoms with Gasteiger partial charge in [0.25, 0.3) is 0 Å². The number of hydrogen-bond donors (Lipinski definition) is 1. The number of amides is 1. The summed E-state index contributed by atoms with van der Waals surface area (Å²) < 4.78 is 25.7. The molecule has 4 aromatic rings. The molecule has 2 heterocycles. The predicted molar refractivity (Wildman–Crippen MR) is 153 cm³/mol. The zero-order chi connectivity index (χ0) is 27.4. The van der Waals surface area contributed by atoms with E-state index in [0.717, 1.165) is 59.9 Å². The molecule has 1 atom stereocenters. The third-order valence-electron chi connectivity index (χ3n) is 7.07. The van der Waals surface area contributed by atoms with Crippen molar-refractivity contribution in [2.75, 3.05) is 43.6 Å². The Morgan fingerprint density at radius 1 is 0.974 bits per heavy atom. The highest BCUT2D eigenvalue weighted by Gasteiger charge is 2.19. The predicted octanol–water partition coefficient (Wildman–Crippen LogP) is 6.45. The Labute approximate surface area is 228 Å². The molecule has 1 fully saturated rings. The normalized spacial score (nSPS) is 14.1. The number of rotatable bonds is 7. The molecule has 200 valence electrons. The van der Waals surface area contributed by atoms with Crippen molar-refractivity contribution >= 4 is 17.3 Å². The van der Waals surface area contributed by atoms with E-state index in [4.69, 9.17) is 9.47 Å². The van der Waals surface area contributed by atoms with E-state index in [1.54, 1.807) is 26.3 Å². The minimum Gasteiger partial charge on any atom is -0.496 e. The lowest BCUT2D eigenvalue weighted by molar-refractivity contribution is -0.117. The molecule has 0 saturated carbocycles. The summed E-state index contributed by atoms with van der Waals surface area (Å²) in [5, 5.41) is 2.96. The molecule has 0 radical (unpaired) electrons. The molecule has 39 heavy (non-hydrogen) atoms. The maximum atomic E-state index is 14.7. The highest BCUT2D eigenvalue weighted by molar-refractivity contribution is 5.96. The van der Waals surface area contributed by atoms with Crippen LogP contribution in [0.4, 0.5) is 15.8 Å². The molecular formula is C32H32FN3O3. The summed E-state index contributed by atoms with van der Waals surface area (Å²) in [6.45, 7) is 6.86. The zero-order valence-corrected chi connectivity index (χ0v) is 22.4. The number of nitrogens with one attached hydrogen (secondary N) is 1. The van der Waals surface area contributed by atoms with Gasteiger partial charge in [-0.1, -0.05) is 18.2 Å². The number of methoxy groups -OCH3 is 1. The summed E-state index contributed by atoms with van der Waals surface area (Å²) >= 11 is 0. The number of carbonyl (C=O) groups is 1. The van der Waals surface area contributed by atoms with Gasteiger partial charge < -0.3 is 19.7 Å². The minimum atomic E-state index is -0.569. The van der Waals surface area contributed by atoms with Crippen molar-refractivity contribution in [3.8, 4) is 28.0 Å². The highest BCUT2D eigenvalue weighted by Crippen LogP contribution is 2.33. The van der Waals surface area contributed by atoms with E-state index >= 15 is 0 Å². The Balaban J connectivity index is 1.33. The molecule has 5 rings (SSSR count). The number of ether oxygens (including phenoxy) is 2. The van der Waals surface area contributed by atoms with E-state index < -0.39 is 5.92 Å². The molecule has 1 aromatic heterocycles. The van der Waals surface area contributed by atoms with Crippen molar-refractivity contribution < 1.29 is 18.7 Å². The first-order valence-electron chi connectivity index (χ1n) is 13.1. The van der Waals surface area contributed by atoms with Gasteiger partial charge in [-0.2, -0.15) is 0 Å². The third-order valence-corrected chi connectivity index (χ3v) is 7.07. The van der Waals surface area contributed by atoms with Crippen LogP contribution >= 0.6 is 0 Å². The van der Waals surface area contributed by atoms with Gasteiger partial charge in [-0.3, -0.25) is 9.78 Å². The van der Waals surface area contributed by atoms with Crippen LogP contribution in [0.25, 0.3) is 22.3 Å². The van der Waals surface area contributed by atoms with Gasteiger partial charge in [0.1, 0.15) is 11.6 Å². The van der Waals surface area contributed by atoms with Crippen LogP contribution in [-0.4, -0.2) is 44.3 Å². The first-order valence-corrected chi connectivity index (χ1v) is 13.1. The minimum absolute atomic E-state index is 0.233. The number of hydrogen-bond acceptors (Lipinski definition) is 5. The quantitative estimate of drug-likeness (QED) is 0.300. The fourth-order valence-electron chi connectivity index (χ4n) is 4.84. The zero-order valence-electron chi connectivity index (χ0n) is 22.4. The summed E-state index contributed by atoms with van der Waals surface area (Å²) in [4.78, 5) is 19.7. The maximum Gasteiger partial charge on any atom is 0.231 e. The fourth-order valence-corrected chi connectivity index (χ4v) is 4.84. The van der Waals surface area contributed by atoms with Crippen molar-refractivity contribution in [3.05, 3.63) is 96.1 Å². The molecule has 1 N–H and O–H groups in total. The van der Waals surface area contributed by atoms with Crippen molar-refractivity contribution in [3.63, 3.8) is 0 Å². The highest BCUT2D eigenvalue weighted by atomic mass is 19.1. The Morgan fingerprint density at radius 2 is 1.74 bits per heavy atom. The Kier molecular flexibility index (Phi) is 7.89. The van der Waals surface area contributed by atoms with Crippen LogP contribution in [0.5, 0.6) is 5.75 Å². The molecule has 1 saturated heterocycles. The lowest BCUT2D eigenvalue weighted by Gasteiger charge is -2.29. The number of nitrogens with zero attached hydrogens (tertiary/aromatic N) is 2. The van der Waals surface area contributed by atoms with Gasteiger partial charge >= 0.3 is 0 Å². The van der Waals surface area contributed by atoms with Crippen LogP contribution in [0.3, 0.4) is 0 Å². The Bertz CT molecular complexity index is 1470. The van der Waals surface area contributed by atoms with Crippen molar-refractivity contribution in [2.24, 2.45) is 0 Å². The smallest absolute Gasteiger partial charge is 0.231 e. The van der Waals surface area contributed by atoms with E-state index in [1.807, 2.05) is 61.5 Å². The summed E-state index contributed by atoms with van der Waals surface area (Å²) in [5.41, 5.74) is 6.75. The number of benzene rings is 3. The van der Waals surface area contributed by atoms with E-state index in [9.17, 15) is 9.18 Å². The summed E-state index contributed by atoms with van der Waals surface area (Å²) in [5.74, 6) is -0.540. The largest absolute Gasteiger partial charge is 0.496 e. The molecule has 0 bridgehead atoms. The number of carbonyl (C=O) groups excluding carboxylic acids is 1. The topological polar surface area (TPSA) is 63.7 Å². The summed E-state index contributed by atoms with van der Waals surface area (Å²) in [6, 6.07) is 22.3. The van der Waals surface area contributed by atoms with Gasteiger partial charge in [0.05, 0.1) is 26.2 Å². The lowest BCUT2D eigenvalue weighted by Crippen LogP contribution is -2.36. The Hall–Kier alpha value is -4.23. The van der Waals surface area contributed by atoms with Crippen LogP contribution in [0.1, 0.15) is 24.1 Å². The molecule has 0 spiro atoms. The van der Waals surface area contributed by atoms with E-state index in [0.29, 0.717) is 17.0 Å². The maximum absolute atomic E-state index is 14.7. The standard InChI is InChI=1S/C32H32FN3O3/c1-21-16-24(10-11-34-21)30-9-6-28(20-31(30)38-3)35-32(37)22(2)25-17-26(19-27(33)18-25)23-4-7-29(8-5-23)36-12-14-39-15-13-36/h4-11,16-20,22H,12-15H2,1-3H3,(H,35,37). The number of morpholine rings is 1. The number of aromatic nitrogens is 1. The number of pyridine rings is 1. The average molecular weight is 526 g/mol. The van der Waals surface area contributed by atoms with Crippen molar-refractivity contribution in [1.29, 1.82) is 0 Å². The van der Waals surface area contributed by atoms with Crippen LogP contribution in [0.15, 0.2) is 79.0 Å². The van der Waals surface area contributed by atoms with Crippen LogP contribution in [0.2, 0.25) is 0 Å². The molecule has 0 aliphatic carbocycles. The lowest BCUT2D eigenvalue weighted by atomic mass is 9.95. The molecule has 7 heteroatoms. The molecular weight excluding hydrogens is 493 g/mol. The molecule has 3 aromatic carbocycles.